The summed E-state index contributed by atoms with van der Waals surface area (Å²) < 4.78 is 20.6. The summed E-state index contributed by atoms with van der Waals surface area (Å²) >= 11 is 0. The van der Waals surface area contributed by atoms with Crippen molar-refractivity contribution in [1.29, 1.82) is 0 Å². The maximum absolute atomic E-state index is 11.9. The molecule has 33 heavy (non-hydrogen) atoms. The van der Waals surface area contributed by atoms with Crippen molar-refractivity contribution in [3.8, 4) is 17.2 Å². The summed E-state index contributed by atoms with van der Waals surface area (Å²) in [6.07, 6.45) is 18.6. The van der Waals surface area contributed by atoms with E-state index < -0.39 is 11.9 Å². The van der Waals surface area contributed by atoms with Crippen LogP contribution in [0, 0.1) is 0 Å². The van der Waals surface area contributed by atoms with Gasteiger partial charge in [0, 0.05) is 18.2 Å². The topological polar surface area (TPSA) is 71.1 Å². The number of rotatable bonds is 19. The van der Waals surface area contributed by atoms with E-state index in [1.807, 2.05) is 0 Å². The first-order valence-corrected chi connectivity index (χ1v) is 12.4. The second-order valence-corrected chi connectivity index (χ2v) is 8.18. The number of methoxy groups -OCH3 is 2. The van der Waals surface area contributed by atoms with E-state index in [0.29, 0.717) is 23.9 Å². The van der Waals surface area contributed by atoms with Gasteiger partial charge in [-0.3, -0.25) is 0 Å². The Labute approximate surface area is 199 Å². The van der Waals surface area contributed by atoms with E-state index in [9.17, 15) is 9.59 Å². The van der Waals surface area contributed by atoms with Crippen LogP contribution < -0.4 is 14.2 Å². The highest BCUT2D eigenvalue weighted by Gasteiger charge is 2.08. The van der Waals surface area contributed by atoms with Crippen molar-refractivity contribution < 1.29 is 28.5 Å². The zero-order valence-electron chi connectivity index (χ0n) is 20.7. The fourth-order valence-corrected chi connectivity index (χ4v) is 3.51. The highest BCUT2D eigenvalue weighted by atomic mass is 16.5. The van der Waals surface area contributed by atoms with Crippen molar-refractivity contribution in [2.45, 2.75) is 90.4 Å². The predicted molar refractivity (Wildman–Crippen MR) is 131 cm³/mol. The van der Waals surface area contributed by atoms with Gasteiger partial charge < -0.3 is 18.9 Å². The van der Waals surface area contributed by atoms with E-state index in [-0.39, 0.29) is 0 Å². The maximum atomic E-state index is 11.9. The number of carbonyl (C=O) groups is 2. The van der Waals surface area contributed by atoms with Gasteiger partial charge in [0.15, 0.2) is 11.5 Å². The van der Waals surface area contributed by atoms with Gasteiger partial charge in [-0.1, -0.05) is 84.0 Å². The van der Waals surface area contributed by atoms with Crippen molar-refractivity contribution in [2.75, 3.05) is 20.8 Å². The second kappa shape index (κ2) is 19.0. The molecule has 186 valence electrons. The number of unbranched alkanes of at least 4 members (excludes halogenated alkanes) is 12. The van der Waals surface area contributed by atoms with Gasteiger partial charge in [0.05, 0.1) is 20.8 Å². The molecule has 0 fully saturated rings. The van der Waals surface area contributed by atoms with E-state index in [2.05, 4.69) is 6.92 Å². The Morgan fingerprint density at radius 3 is 1.76 bits per heavy atom. The lowest BCUT2D eigenvalue weighted by Gasteiger charge is -2.08. The molecule has 6 nitrogen and oxygen atoms in total. The number of hydrogen-bond donors (Lipinski definition) is 0. The average Bonchev–Trinajstić information content (AvgIpc) is 2.82. The third-order valence-electron chi connectivity index (χ3n) is 5.42. The van der Waals surface area contributed by atoms with Gasteiger partial charge in [-0.15, -0.1) is 0 Å². The summed E-state index contributed by atoms with van der Waals surface area (Å²) in [5.74, 6) is 0.0644. The van der Waals surface area contributed by atoms with Crippen molar-refractivity contribution >= 4 is 11.9 Å². The highest BCUT2D eigenvalue weighted by Crippen LogP contribution is 2.30. The minimum absolute atomic E-state index is 0.294. The maximum Gasteiger partial charge on any atom is 0.336 e. The molecule has 0 amide bonds. The lowest BCUT2D eigenvalue weighted by atomic mass is 10.0. The molecular weight excluding hydrogens is 420 g/mol. The zero-order chi connectivity index (χ0) is 24.2. The molecule has 0 aromatic heterocycles. The van der Waals surface area contributed by atoms with Crippen LogP contribution >= 0.6 is 0 Å². The quantitative estimate of drug-likeness (QED) is 0.0974. The molecular formula is C27H42O6. The summed E-state index contributed by atoms with van der Waals surface area (Å²) in [7, 11) is 3.02. The van der Waals surface area contributed by atoms with Crippen molar-refractivity contribution in [3.63, 3.8) is 0 Å². The van der Waals surface area contributed by atoms with Gasteiger partial charge in [-0.25, -0.2) is 9.59 Å². The largest absolute Gasteiger partial charge is 0.493 e. The molecule has 0 saturated carbocycles. The Morgan fingerprint density at radius 1 is 0.697 bits per heavy atom. The summed E-state index contributed by atoms with van der Waals surface area (Å²) in [6, 6.07) is 4.76. The Kier molecular flexibility index (Phi) is 16.4. The molecule has 0 atom stereocenters. The van der Waals surface area contributed by atoms with Crippen LogP contribution in [0.5, 0.6) is 17.2 Å². The Morgan fingerprint density at radius 2 is 1.21 bits per heavy atom. The molecule has 0 radical (unpaired) electrons. The lowest BCUT2D eigenvalue weighted by Crippen LogP contribution is -2.07. The number of hydrogen-bond acceptors (Lipinski definition) is 6. The van der Waals surface area contributed by atoms with Crippen LogP contribution in [0.1, 0.15) is 90.4 Å². The fourth-order valence-electron chi connectivity index (χ4n) is 3.51. The molecule has 0 aliphatic carbocycles. The van der Waals surface area contributed by atoms with E-state index in [4.69, 9.17) is 18.9 Å². The molecule has 0 aliphatic heterocycles. The van der Waals surface area contributed by atoms with Crippen LogP contribution in [-0.4, -0.2) is 32.8 Å². The van der Waals surface area contributed by atoms with Crippen LogP contribution in [0.25, 0.3) is 0 Å². The first-order valence-electron chi connectivity index (χ1n) is 12.4. The number of esters is 2. The summed E-state index contributed by atoms with van der Waals surface area (Å²) in [5, 5.41) is 0. The predicted octanol–water partition coefficient (Wildman–Crippen LogP) is 6.80. The molecule has 1 rings (SSSR count). The normalized spacial score (nSPS) is 10.9. The molecule has 0 aliphatic rings. The van der Waals surface area contributed by atoms with Crippen LogP contribution in [0.2, 0.25) is 0 Å². The Hall–Kier alpha value is -2.50. The second-order valence-electron chi connectivity index (χ2n) is 8.18. The molecule has 0 bridgehead atoms. The molecule has 0 unspecified atom stereocenters. The number of carbonyl (C=O) groups excluding carboxylic acids is 2. The van der Waals surface area contributed by atoms with Crippen molar-refractivity contribution in [1.82, 2.24) is 0 Å². The van der Waals surface area contributed by atoms with Gasteiger partial charge >= 0.3 is 11.9 Å². The molecule has 6 heteroatoms. The van der Waals surface area contributed by atoms with Crippen LogP contribution in [0.15, 0.2) is 30.4 Å². The molecule has 0 spiro atoms. The average molecular weight is 463 g/mol. The first kappa shape index (κ1) is 28.5. The van der Waals surface area contributed by atoms with Crippen LogP contribution in [-0.2, 0) is 14.3 Å². The molecule has 0 N–H and O–H groups in total. The summed E-state index contributed by atoms with van der Waals surface area (Å²) in [6.45, 7) is 2.62. The Bertz CT molecular complexity index is 698. The van der Waals surface area contributed by atoms with E-state index in [1.54, 1.807) is 12.1 Å². The van der Waals surface area contributed by atoms with Crippen LogP contribution in [0.4, 0.5) is 0 Å². The molecule has 0 heterocycles. The minimum atomic E-state index is -0.667. The molecule has 0 saturated heterocycles. The highest BCUT2D eigenvalue weighted by molar-refractivity contribution is 5.92. The first-order chi connectivity index (χ1) is 16.1. The lowest BCUT2D eigenvalue weighted by molar-refractivity contribution is -0.138. The van der Waals surface area contributed by atoms with E-state index in [0.717, 1.165) is 25.0 Å². The van der Waals surface area contributed by atoms with Gasteiger partial charge in [0.2, 0.25) is 0 Å². The van der Waals surface area contributed by atoms with E-state index >= 15 is 0 Å². The fraction of sp³-hybridized carbons (Fsp3) is 0.630. The zero-order valence-corrected chi connectivity index (χ0v) is 20.7. The third kappa shape index (κ3) is 14.3. The third-order valence-corrected chi connectivity index (χ3v) is 5.42. The van der Waals surface area contributed by atoms with Crippen LogP contribution in [0.3, 0.4) is 0 Å². The number of benzene rings is 1. The van der Waals surface area contributed by atoms with Gasteiger partial charge in [-0.2, -0.15) is 0 Å². The summed E-state index contributed by atoms with van der Waals surface area (Å²) in [4.78, 5) is 23.6. The minimum Gasteiger partial charge on any atom is -0.493 e. The SMILES string of the molecule is CCCCCCCCCCCCCCCOC(=O)/C=C/C(=O)Oc1ccc(OC)c(OC)c1. The summed E-state index contributed by atoms with van der Waals surface area (Å²) in [5.41, 5.74) is 0. The standard InChI is InChI=1S/C27H42O6/c1-4-5-6-7-8-9-10-11-12-13-14-15-16-21-32-26(28)19-20-27(29)33-23-17-18-24(30-2)25(22-23)31-3/h17-20,22H,4-16,21H2,1-3H3/b20-19+. The van der Waals surface area contributed by atoms with E-state index in [1.165, 1.54) is 90.9 Å². The monoisotopic (exact) mass is 462 g/mol. The van der Waals surface area contributed by atoms with Gasteiger partial charge in [0.1, 0.15) is 5.75 Å². The van der Waals surface area contributed by atoms with Gasteiger partial charge in [-0.05, 0) is 18.6 Å². The van der Waals surface area contributed by atoms with Crippen molar-refractivity contribution in [2.24, 2.45) is 0 Å². The molecule has 1 aromatic carbocycles. The number of ether oxygens (including phenoxy) is 4. The van der Waals surface area contributed by atoms with Crippen molar-refractivity contribution in [3.05, 3.63) is 30.4 Å². The Balaban J connectivity index is 2.04. The smallest absolute Gasteiger partial charge is 0.336 e. The molecule has 1 aromatic rings. The van der Waals surface area contributed by atoms with Gasteiger partial charge in [0.25, 0.3) is 0 Å².